The van der Waals surface area contributed by atoms with Crippen molar-refractivity contribution in [1.82, 2.24) is 4.98 Å². The standard InChI is InChI=1S/C34H32N2O6/c1-21-18-34(2,3)36-29-15-14-26(28(31(21)29)20-41-32(37)22-8-10-24(39-4)11-9-22)27-13-12-25(17-30(27)40-5)42-33(38)23-7-6-16-35-19-23/h6-19,36H,20H2,1-5H3. The molecule has 0 unspecified atom stereocenters. The van der Waals surface area contributed by atoms with Gasteiger partial charge < -0.3 is 24.3 Å². The van der Waals surface area contributed by atoms with E-state index in [2.05, 4.69) is 37.1 Å². The van der Waals surface area contributed by atoms with Crippen LogP contribution in [0.2, 0.25) is 0 Å². The van der Waals surface area contributed by atoms with Gasteiger partial charge in [-0.25, -0.2) is 9.59 Å². The summed E-state index contributed by atoms with van der Waals surface area (Å²) in [4.78, 5) is 29.6. The molecule has 1 aliphatic rings. The zero-order valence-corrected chi connectivity index (χ0v) is 24.2. The van der Waals surface area contributed by atoms with Crippen LogP contribution < -0.4 is 19.5 Å². The molecule has 0 saturated heterocycles. The minimum absolute atomic E-state index is 0.0254. The number of benzene rings is 3. The molecule has 0 saturated carbocycles. The summed E-state index contributed by atoms with van der Waals surface area (Å²) in [5.41, 5.74) is 5.90. The fourth-order valence-corrected chi connectivity index (χ4v) is 5.16. The van der Waals surface area contributed by atoms with E-state index in [0.717, 1.165) is 33.5 Å². The first-order chi connectivity index (χ1) is 20.2. The maximum atomic E-state index is 13.0. The van der Waals surface area contributed by atoms with E-state index in [4.69, 9.17) is 18.9 Å². The summed E-state index contributed by atoms with van der Waals surface area (Å²) >= 11 is 0. The first-order valence-electron chi connectivity index (χ1n) is 13.4. The highest BCUT2D eigenvalue weighted by molar-refractivity contribution is 5.92. The largest absolute Gasteiger partial charge is 0.497 e. The van der Waals surface area contributed by atoms with E-state index in [1.165, 1.54) is 6.20 Å². The predicted octanol–water partition coefficient (Wildman–Crippen LogP) is 6.95. The second-order valence-corrected chi connectivity index (χ2v) is 10.5. The Morgan fingerprint density at radius 1 is 0.857 bits per heavy atom. The van der Waals surface area contributed by atoms with Gasteiger partial charge in [-0.1, -0.05) is 12.1 Å². The summed E-state index contributed by atoms with van der Waals surface area (Å²) in [5.74, 6) is 0.514. The highest BCUT2D eigenvalue weighted by Gasteiger charge is 2.27. The molecular formula is C34H32N2O6. The summed E-state index contributed by atoms with van der Waals surface area (Å²) in [6, 6.07) is 19.3. The van der Waals surface area contributed by atoms with Crippen molar-refractivity contribution in [3.05, 3.63) is 107 Å². The SMILES string of the molecule is COc1ccc(C(=O)OCc2c(-c3ccc(OC(=O)c4cccnc4)cc3OC)ccc3c2C(C)=CC(C)(C)N3)cc1. The molecule has 8 heteroatoms. The van der Waals surface area contributed by atoms with Crippen molar-refractivity contribution in [2.75, 3.05) is 19.5 Å². The van der Waals surface area contributed by atoms with Gasteiger partial charge in [0.2, 0.25) is 0 Å². The topological polar surface area (TPSA) is 96.0 Å². The monoisotopic (exact) mass is 564 g/mol. The molecule has 0 aliphatic carbocycles. The third kappa shape index (κ3) is 5.98. The highest BCUT2D eigenvalue weighted by atomic mass is 16.5. The Morgan fingerprint density at radius 3 is 2.29 bits per heavy atom. The van der Waals surface area contributed by atoms with Crippen LogP contribution in [0.25, 0.3) is 16.7 Å². The molecule has 1 aromatic heterocycles. The molecule has 1 N–H and O–H groups in total. The molecule has 0 atom stereocenters. The number of anilines is 1. The lowest BCUT2D eigenvalue weighted by Gasteiger charge is -2.33. The lowest BCUT2D eigenvalue weighted by molar-refractivity contribution is 0.0473. The van der Waals surface area contributed by atoms with Gasteiger partial charge in [0.25, 0.3) is 0 Å². The second-order valence-electron chi connectivity index (χ2n) is 10.5. The number of carbonyl (C=O) groups excluding carboxylic acids is 2. The first kappa shape index (κ1) is 28.4. The molecule has 4 aromatic rings. The van der Waals surface area contributed by atoms with Crippen LogP contribution in [-0.4, -0.2) is 36.7 Å². The van der Waals surface area contributed by atoms with Gasteiger partial charge in [0.05, 0.1) is 30.9 Å². The molecule has 1 aliphatic heterocycles. The molecule has 0 amide bonds. The molecular weight excluding hydrogens is 532 g/mol. The lowest BCUT2D eigenvalue weighted by atomic mass is 9.85. The van der Waals surface area contributed by atoms with Gasteiger partial charge in [0.1, 0.15) is 23.9 Å². The average Bonchev–Trinajstić information content (AvgIpc) is 2.99. The van der Waals surface area contributed by atoms with E-state index in [1.54, 1.807) is 68.9 Å². The maximum absolute atomic E-state index is 13.0. The minimum Gasteiger partial charge on any atom is -0.497 e. The number of allylic oxidation sites excluding steroid dienone is 1. The van der Waals surface area contributed by atoms with Gasteiger partial charge in [-0.2, -0.15) is 0 Å². The van der Waals surface area contributed by atoms with E-state index in [9.17, 15) is 9.59 Å². The number of hydrogen-bond acceptors (Lipinski definition) is 8. The van der Waals surface area contributed by atoms with Crippen molar-refractivity contribution >= 4 is 23.2 Å². The molecule has 2 heterocycles. The van der Waals surface area contributed by atoms with Crippen molar-refractivity contribution in [2.45, 2.75) is 32.9 Å². The van der Waals surface area contributed by atoms with Crippen LogP contribution in [0, 0.1) is 0 Å². The summed E-state index contributed by atoms with van der Waals surface area (Å²) in [7, 11) is 3.13. The number of carbonyl (C=O) groups is 2. The van der Waals surface area contributed by atoms with Gasteiger partial charge in [0, 0.05) is 40.8 Å². The van der Waals surface area contributed by atoms with E-state index >= 15 is 0 Å². The van der Waals surface area contributed by atoms with Crippen molar-refractivity contribution in [3.8, 4) is 28.4 Å². The van der Waals surface area contributed by atoms with Crippen LogP contribution in [0.5, 0.6) is 17.2 Å². The number of hydrogen-bond donors (Lipinski definition) is 1. The number of fused-ring (bicyclic) bond motifs is 1. The predicted molar refractivity (Wildman–Crippen MR) is 161 cm³/mol. The number of nitrogens with one attached hydrogen (secondary N) is 1. The molecule has 0 spiro atoms. The quantitative estimate of drug-likeness (QED) is 0.181. The van der Waals surface area contributed by atoms with Gasteiger partial charge >= 0.3 is 11.9 Å². The maximum Gasteiger partial charge on any atom is 0.345 e. The Morgan fingerprint density at radius 2 is 1.60 bits per heavy atom. The summed E-state index contributed by atoms with van der Waals surface area (Å²) < 4.78 is 22.4. The van der Waals surface area contributed by atoms with Gasteiger partial charge in [-0.3, -0.25) is 4.98 Å². The molecule has 0 bridgehead atoms. The van der Waals surface area contributed by atoms with Crippen LogP contribution >= 0.6 is 0 Å². The van der Waals surface area contributed by atoms with Crippen molar-refractivity contribution in [2.24, 2.45) is 0 Å². The average molecular weight is 565 g/mol. The molecule has 3 aromatic carbocycles. The first-order valence-corrected chi connectivity index (χ1v) is 13.4. The fraction of sp³-hybridized carbons (Fsp3) is 0.206. The zero-order valence-electron chi connectivity index (χ0n) is 24.2. The van der Waals surface area contributed by atoms with Gasteiger partial charge in [0.15, 0.2) is 0 Å². The number of pyridine rings is 1. The van der Waals surface area contributed by atoms with Crippen LogP contribution in [0.15, 0.2) is 85.2 Å². The molecule has 8 nitrogen and oxygen atoms in total. The van der Waals surface area contributed by atoms with Crippen LogP contribution in [0.1, 0.15) is 52.6 Å². The zero-order chi connectivity index (χ0) is 29.9. The van der Waals surface area contributed by atoms with E-state index < -0.39 is 11.9 Å². The number of aromatic nitrogens is 1. The number of nitrogens with zero attached hydrogens (tertiary/aromatic N) is 1. The summed E-state index contributed by atoms with van der Waals surface area (Å²) in [6.45, 7) is 6.28. The second kappa shape index (κ2) is 11.8. The van der Waals surface area contributed by atoms with E-state index in [-0.39, 0.29) is 12.1 Å². The molecule has 5 rings (SSSR count). The Hall–Kier alpha value is -5.11. The smallest absolute Gasteiger partial charge is 0.345 e. The Balaban J connectivity index is 1.52. The molecule has 214 valence electrons. The van der Waals surface area contributed by atoms with Crippen LogP contribution in [0.3, 0.4) is 0 Å². The third-order valence-electron chi connectivity index (χ3n) is 6.99. The van der Waals surface area contributed by atoms with Gasteiger partial charge in [-0.15, -0.1) is 0 Å². The Labute approximate surface area is 244 Å². The van der Waals surface area contributed by atoms with E-state index in [0.29, 0.717) is 28.4 Å². The molecule has 0 radical (unpaired) electrons. The van der Waals surface area contributed by atoms with Crippen LogP contribution in [0.4, 0.5) is 5.69 Å². The van der Waals surface area contributed by atoms with E-state index in [1.807, 2.05) is 18.2 Å². The fourth-order valence-electron chi connectivity index (χ4n) is 5.16. The third-order valence-corrected chi connectivity index (χ3v) is 6.99. The van der Waals surface area contributed by atoms with Crippen molar-refractivity contribution in [3.63, 3.8) is 0 Å². The summed E-state index contributed by atoms with van der Waals surface area (Å²) in [5, 5.41) is 3.57. The Bertz CT molecular complexity index is 1660. The summed E-state index contributed by atoms with van der Waals surface area (Å²) in [6.07, 6.45) is 5.20. The molecule has 0 fully saturated rings. The lowest BCUT2D eigenvalue weighted by Crippen LogP contribution is -2.32. The highest BCUT2D eigenvalue weighted by Crippen LogP contribution is 2.43. The Kier molecular flexibility index (Phi) is 7.97. The normalized spacial score (nSPS) is 13.2. The minimum atomic E-state index is -0.521. The molecule has 42 heavy (non-hydrogen) atoms. The number of esters is 2. The number of ether oxygens (including phenoxy) is 4. The number of rotatable bonds is 8. The number of methoxy groups -OCH3 is 2. The van der Waals surface area contributed by atoms with Crippen molar-refractivity contribution in [1.29, 1.82) is 0 Å². The van der Waals surface area contributed by atoms with Crippen LogP contribution in [-0.2, 0) is 11.3 Å². The van der Waals surface area contributed by atoms with Crippen molar-refractivity contribution < 1.29 is 28.5 Å². The van der Waals surface area contributed by atoms with Gasteiger partial charge in [-0.05, 0) is 86.5 Å².